The van der Waals surface area contributed by atoms with Crippen LogP contribution in [0.4, 0.5) is 0 Å². The lowest BCUT2D eigenvalue weighted by molar-refractivity contribution is 0.958. The smallest absolute Gasteiger partial charge is 0.147 e. The SMILES string of the molecule is CCc1ncc(Cl)nc1C. The quantitative estimate of drug-likeness (QED) is 0.622. The zero-order valence-corrected chi connectivity index (χ0v) is 6.81. The lowest BCUT2D eigenvalue weighted by Crippen LogP contribution is -1.94. The van der Waals surface area contributed by atoms with Gasteiger partial charge in [-0.15, -0.1) is 0 Å². The third-order valence-electron chi connectivity index (χ3n) is 1.35. The van der Waals surface area contributed by atoms with Gasteiger partial charge in [0.2, 0.25) is 0 Å². The summed E-state index contributed by atoms with van der Waals surface area (Å²) in [5.41, 5.74) is 1.94. The Morgan fingerprint density at radius 1 is 1.60 bits per heavy atom. The van der Waals surface area contributed by atoms with Gasteiger partial charge in [-0.3, -0.25) is 4.98 Å². The summed E-state index contributed by atoms with van der Waals surface area (Å²) in [4.78, 5) is 8.15. The van der Waals surface area contributed by atoms with Crippen molar-refractivity contribution in [1.82, 2.24) is 9.97 Å². The minimum absolute atomic E-state index is 0.467. The van der Waals surface area contributed by atoms with Gasteiger partial charge in [-0.2, -0.15) is 0 Å². The molecule has 0 atom stereocenters. The Balaban J connectivity index is 3.07. The van der Waals surface area contributed by atoms with Crippen LogP contribution in [0.3, 0.4) is 0 Å². The average Bonchev–Trinajstić information content (AvgIpc) is 1.88. The first-order valence-electron chi connectivity index (χ1n) is 3.22. The van der Waals surface area contributed by atoms with Gasteiger partial charge >= 0.3 is 0 Å². The van der Waals surface area contributed by atoms with E-state index in [1.54, 1.807) is 6.20 Å². The van der Waals surface area contributed by atoms with Crippen LogP contribution >= 0.6 is 11.6 Å². The molecule has 0 aliphatic carbocycles. The number of nitrogens with zero attached hydrogens (tertiary/aromatic N) is 2. The number of aryl methyl sites for hydroxylation is 2. The topological polar surface area (TPSA) is 25.8 Å². The van der Waals surface area contributed by atoms with Gasteiger partial charge in [0.25, 0.3) is 0 Å². The second-order valence-corrected chi connectivity index (χ2v) is 2.47. The third-order valence-corrected chi connectivity index (χ3v) is 1.54. The van der Waals surface area contributed by atoms with Gasteiger partial charge < -0.3 is 0 Å². The molecule has 0 aliphatic rings. The lowest BCUT2D eigenvalue weighted by atomic mass is 10.3. The van der Waals surface area contributed by atoms with E-state index in [2.05, 4.69) is 9.97 Å². The molecule has 0 unspecified atom stereocenters. The van der Waals surface area contributed by atoms with E-state index in [1.165, 1.54) is 0 Å². The molecular formula is C7H9ClN2. The van der Waals surface area contributed by atoms with Crippen LogP contribution in [0.5, 0.6) is 0 Å². The second-order valence-electron chi connectivity index (χ2n) is 2.08. The third kappa shape index (κ3) is 1.45. The van der Waals surface area contributed by atoms with Crippen molar-refractivity contribution in [2.75, 3.05) is 0 Å². The molecule has 3 heteroatoms. The molecule has 0 aliphatic heterocycles. The highest BCUT2D eigenvalue weighted by atomic mass is 35.5. The van der Waals surface area contributed by atoms with Crippen molar-refractivity contribution in [2.24, 2.45) is 0 Å². The molecule has 0 aromatic carbocycles. The number of hydrogen-bond acceptors (Lipinski definition) is 2. The van der Waals surface area contributed by atoms with Gasteiger partial charge in [0, 0.05) is 0 Å². The van der Waals surface area contributed by atoms with Crippen LogP contribution in [-0.2, 0) is 6.42 Å². The lowest BCUT2D eigenvalue weighted by Gasteiger charge is -1.98. The molecule has 1 rings (SSSR count). The van der Waals surface area contributed by atoms with E-state index in [-0.39, 0.29) is 0 Å². The predicted molar refractivity (Wildman–Crippen MR) is 41.2 cm³/mol. The maximum atomic E-state index is 5.60. The molecule has 1 aromatic heterocycles. The van der Waals surface area contributed by atoms with Gasteiger partial charge in [-0.05, 0) is 13.3 Å². The van der Waals surface area contributed by atoms with E-state index in [9.17, 15) is 0 Å². The molecule has 1 heterocycles. The van der Waals surface area contributed by atoms with Crippen LogP contribution in [0.1, 0.15) is 18.3 Å². The van der Waals surface area contributed by atoms with Gasteiger partial charge in [0.15, 0.2) is 0 Å². The van der Waals surface area contributed by atoms with Crippen molar-refractivity contribution in [3.63, 3.8) is 0 Å². The fourth-order valence-electron chi connectivity index (χ4n) is 0.825. The van der Waals surface area contributed by atoms with Gasteiger partial charge in [-0.25, -0.2) is 4.98 Å². The predicted octanol–water partition coefficient (Wildman–Crippen LogP) is 2.00. The van der Waals surface area contributed by atoms with Crippen LogP contribution in [0.2, 0.25) is 5.15 Å². The van der Waals surface area contributed by atoms with Crippen molar-refractivity contribution in [1.29, 1.82) is 0 Å². The number of halogens is 1. The highest BCUT2D eigenvalue weighted by molar-refractivity contribution is 6.29. The summed E-state index contributed by atoms with van der Waals surface area (Å²) in [6, 6.07) is 0. The fourth-order valence-corrected chi connectivity index (χ4v) is 1.00. The molecule has 0 bridgehead atoms. The molecule has 0 N–H and O–H groups in total. The van der Waals surface area contributed by atoms with Gasteiger partial charge in [0.1, 0.15) is 5.15 Å². The van der Waals surface area contributed by atoms with Crippen molar-refractivity contribution in [3.05, 3.63) is 22.7 Å². The molecule has 0 spiro atoms. The number of rotatable bonds is 1. The summed E-state index contributed by atoms with van der Waals surface area (Å²) in [7, 11) is 0. The molecule has 0 saturated carbocycles. The van der Waals surface area contributed by atoms with Crippen LogP contribution in [0, 0.1) is 6.92 Å². The van der Waals surface area contributed by atoms with Gasteiger partial charge in [0.05, 0.1) is 17.6 Å². The maximum Gasteiger partial charge on any atom is 0.147 e. The highest BCUT2D eigenvalue weighted by Crippen LogP contribution is 2.06. The highest BCUT2D eigenvalue weighted by Gasteiger charge is 1.97. The van der Waals surface area contributed by atoms with E-state index in [1.807, 2.05) is 13.8 Å². The Labute approximate surface area is 65.3 Å². The fraction of sp³-hybridized carbons (Fsp3) is 0.429. The van der Waals surface area contributed by atoms with E-state index < -0.39 is 0 Å². The Bertz CT molecular complexity index is 235. The summed E-state index contributed by atoms with van der Waals surface area (Å²) in [6.45, 7) is 3.96. The molecule has 0 saturated heterocycles. The Morgan fingerprint density at radius 2 is 2.30 bits per heavy atom. The normalized spacial score (nSPS) is 9.90. The molecule has 0 fully saturated rings. The molecule has 1 aromatic rings. The molecular weight excluding hydrogens is 148 g/mol. The summed E-state index contributed by atoms with van der Waals surface area (Å²) < 4.78 is 0. The van der Waals surface area contributed by atoms with Crippen LogP contribution in [0.15, 0.2) is 6.20 Å². The Morgan fingerprint density at radius 3 is 2.80 bits per heavy atom. The minimum Gasteiger partial charge on any atom is -0.256 e. The van der Waals surface area contributed by atoms with Crippen LogP contribution < -0.4 is 0 Å². The minimum atomic E-state index is 0.467. The molecule has 0 amide bonds. The zero-order chi connectivity index (χ0) is 7.56. The maximum absolute atomic E-state index is 5.60. The monoisotopic (exact) mass is 156 g/mol. The number of hydrogen-bond donors (Lipinski definition) is 0. The van der Waals surface area contributed by atoms with Crippen LogP contribution in [-0.4, -0.2) is 9.97 Å². The van der Waals surface area contributed by atoms with E-state index in [0.29, 0.717) is 5.15 Å². The van der Waals surface area contributed by atoms with Gasteiger partial charge in [-0.1, -0.05) is 18.5 Å². The summed E-state index contributed by atoms with van der Waals surface area (Å²) in [6.07, 6.45) is 2.49. The van der Waals surface area contributed by atoms with Crippen molar-refractivity contribution >= 4 is 11.6 Å². The van der Waals surface area contributed by atoms with E-state index in [0.717, 1.165) is 17.8 Å². The summed E-state index contributed by atoms with van der Waals surface area (Å²) >= 11 is 5.60. The average molecular weight is 157 g/mol. The summed E-state index contributed by atoms with van der Waals surface area (Å²) in [5.74, 6) is 0. The molecule has 2 nitrogen and oxygen atoms in total. The second kappa shape index (κ2) is 2.97. The molecule has 0 radical (unpaired) electrons. The van der Waals surface area contributed by atoms with Crippen molar-refractivity contribution in [3.8, 4) is 0 Å². The Kier molecular flexibility index (Phi) is 2.22. The molecule has 10 heavy (non-hydrogen) atoms. The zero-order valence-electron chi connectivity index (χ0n) is 6.06. The first-order chi connectivity index (χ1) is 4.74. The summed E-state index contributed by atoms with van der Waals surface area (Å²) in [5, 5.41) is 0.467. The molecule has 54 valence electrons. The van der Waals surface area contributed by atoms with Crippen LogP contribution in [0.25, 0.3) is 0 Å². The standard InChI is InChI=1S/C7H9ClN2/c1-3-6-5(2)10-7(8)4-9-6/h4H,3H2,1-2H3. The van der Waals surface area contributed by atoms with E-state index in [4.69, 9.17) is 11.6 Å². The Hall–Kier alpha value is -0.630. The first-order valence-corrected chi connectivity index (χ1v) is 3.60. The number of aromatic nitrogens is 2. The van der Waals surface area contributed by atoms with E-state index >= 15 is 0 Å². The first kappa shape index (κ1) is 7.48. The van der Waals surface area contributed by atoms with Crippen molar-refractivity contribution < 1.29 is 0 Å². The van der Waals surface area contributed by atoms with Crippen molar-refractivity contribution in [2.45, 2.75) is 20.3 Å². The largest absolute Gasteiger partial charge is 0.256 e.